The maximum Gasteiger partial charge on any atom is 0.290 e. The molecule has 0 spiro atoms. The Labute approximate surface area is 219 Å². The molecule has 1 aliphatic rings. The number of hydrogen-bond donors (Lipinski definition) is 4. The quantitative estimate of drug-likeness (QED) is 0.265. The Morgan fingerprint density at radius 3 is 2.55 bits per heavy atom. The lowest BCUT2D eigenvalue weighted by Crippen LogP contribution is -2.43. The van der Waals surface area contributed by atoms with Gasteiger partial charge in [0, 0.05) is 49.7 Å². The highest BCUT2D eigenvalue weighted by Crippen LogP contribution is 2.34. The summed E-state index contributed by atoms with van der Waals surface area (Å²) in [6.45, 7) is 0.932. The largest absolute Gasteiger partial charge is 0.483 e. The van der Waals surface area contributed by atoms with Crippen LogP contribution in [0, 0.1) is 0 Å². The summed E-state index contributed by atoms with van der Waals surface area (Å²) >= 11 is 0. The first-order valence-corrected chi connectivity index (χ1v) is 11.7. The van der Waals surface area contributed by atoms with Crippen LogP contribution in [0.5, 0.6) is 5.88 Å². The summed E-state index contributed by atoms with van der Waals surface area (Å²) in [5.41, 5.74) is 5.07. The van der Waals surface area contributed by atoms with E-state index in [1.165, 1.54) is 5.56 Å². The summed E-state index contributed by atoms with van der Waals surface area (Å²) in [6.07, 6.45) is 8.02. The van der Waals surface area contributed by atoms with Crippen molar-refractivity contribution in [3.63, 3.8) is 0 Å². The van der Waals surface area contributed by atoms with Gasteiger partial charge < -0.3 is 25.6 Å². The number of pyridine rings is 1. The molecule has 4 N–H and O–H groups in total. The molecule has 0 saturated heterocycles. The molecule has 0 amide bonds. The predicted molar refractivity (Wildman–Crippen MR) is 140 cm³/mol. The zero-order valence-electron chi connectivity index (χ0n) is 20.7. The Morgan fingerprint density at radius 2 is 1.89 bits per heavy atom. The van der Waals surface area contributed by atoms with Crippen molar-refractivity contribution < 1.29 is 24.5 Å². The van der Waals surface area contributed by atoms with Gasteiger partial charge in [-0.15, -0.1) is 0 Å². The first-order valence-electron chi connectivity index (χ1n) is 11.7. The smallest absolute Gasteiger partial charge is 0.290 e. The van der Waals surface area contributed by atoms with Gasteiger partial charge in [-0.3, -0.25) is 14.3 Å². The molecular formula is C26H29N7O5. The second-order valence-electron chi connectivity index (χ2n) is 8.03. The molecule has 5 rings (SSSR count). The summed E-state index contributed by atoms with van der Waals surface area (Å²) < 4.78 is 8.15. The van der Waals surface area contributed by atoms with E-state index in [1.54, 1.807) is 10.9 Å². The van der Waals surface area contributed by atoms with Crippen molar-refractivity contribution in [2.75, 3.05) is 18.4 Å². The van der Waals surface area contributed by atoms with Crippen molar-refractivity contribution in [1.29, 1.82) is 0 Å². The lowest BCUT2D eigenvalue weighted by molar-refractivity contribution is -0.123. The number of benzene rings is 1. The Bertz CT molecular complexity index is 1270. The van der Waals surface area contributed by atoms with Crippen molar-refractivity contribution in [1.82, 2.24) is 30.3 Å². The molecule has 1 aromatic carbocycles. The van der Waals surface area contributed by atoms with Crippen molar-refractivity contribution in [3.05, 3.63) is 84.6 Å². The summed E-state index contributed by atoms with van der Waals surface area (Å²) in [4.78, 5) is 21.3. The van der Waals surface area contributed by atoms with Gasteiger partial charge in [0.25, 0.3) is 12.9 Å². The number of carboxylic acid groups (broad SMARTS) is 2. The van der Waals surface area contributed by atoms with E-state index >= 15 is 0 Å². The zero-order valence-corrected chi connectivity index (χ0v) is 20.7. The fraction of sp³-hybridized carbons (Fsp3) is 0.231. The lowest BCUT2D eigenvalue weighted by atomic mass is 9.99. The zero-order chi connectivity index (χ0) is 27.2. The monoisotopic (exact) mass is 519 g/mol. The molecular weight excluding hydrogens is 490 g/mol. The van der Waals surface area contributed by atoms with Gasteiger partial charge in [-0.1, -0.05) is 30.3 Å². The fourth-order valence-electron chi connectivity index (χ4n) is 3.93. The fourth-order valence-corrected chi connectivity index (χ4v) is 3.93. The molecule has 0 unspecified atom stereocenters. The third kappa shape index (κ3) is 7.83. The average molecular weight is 520 g/mol. The second kappa shape index (κ2) is 14.7. The minimum atomic E-state index is -0.250. The van der Waals surface area contributed by atoms with Crippen LogP contribution in [0.2, 0.25) is 0 Å². The highest BCUT2D eigenvalue weighted by molar-refractivity contribution is 5.69. The summed E-state index contributed by atoms with van der Waals surface area (Å²) in [6, 6.07) is 16.3. The van der Waals surface area contributed by atoms with E-state index in [2.05, 4.69) is 61.2 Å². The molecule has 0 bridgehead atoms. The van der Waals surface area contributed by atoms with Crippen molar-refractivity contribution in [3.8, 4) is 17.0 Å². The number of aryl methyl sites for hydroxylation is 1. The minimum absolute atomic E-state index is 0.00770. The van der Waals surface area contributed by atoms with Crippen LogP contribution in [-0.4, -0.2) is 67.3 Å². The number of nitrogens with zero attached hydrogens (tertiary/aromatic N) is 5. The Hall–Kier alpha value is -4.84. The van der Waals surface area contributed by atoms with Crippen LogP contribution in [0.3, 0.4) is 0 Å². The summed E-state index contributed by atoms with van der Waals surface area (Å²) in [5.74, 6) is 0.616. The Morgan fingerprint density at radius 1 is 1.13 bits per heavy atom. The van der Waals surface area contributed by atoms with Gasteiger partial charge in [-0.2, -0.15) is 15.3 Å². The van der Waals surface area contributed by atoms with Gasteiger partial charge in [-0.05, 0) is 23.8 Å². The topological polar surface area (TPSA) is 164 Å². The molecule has 0 aliphatic carbocycles. The number of anilines is 1. The first kappa shape index (κ1) is 27.7. The third-order valence-electron chi connectivity index (χ3n) is 5.55. The van der Waals surface area contributed by atoms with Gasteiger partial charge in [0.15, 0.2) is 0 Å². The van der Waals surface area contributed by atoms with Crippen LogP contribution in [0.25, 0.3) is 11.1 Å². The lowest BCUT2D eigenvalue weighted by Gasteiger charge is -2.33. The highest BCUT2D eigenvalue weighted by Gasteiger charge is 2.29. The molecule has 4 aromatic rings. The number of nitrogens with one attached hydrogen (secondary N) is 2. The number of hydrogen-bond acceptors (Lipinski definition) is 9. The minimum Gasteiger partial charge on any atom is -0.483 e. The number of rotatable bonds is 7. The molecule has 1 aliphatic heterocycles. The number of aromatic nitrogens is 5. The summed E-state index contributed by atoms with van der Waals surface area (Å²) in [7, 11) is 1.91. The molecule has 4 heterocycles. The standard InChI is InChI=1S/C24H25N7O.2CH2O2/c1-31-16-19(14-29-31)18-12-21-24(27-13-18)32-22(15-26-21)23(17-6-3-2-4-7-17)25-11-9-20-8-5-10-28-30-20;2*2-1-3/h2-8,10,12-14,16,22-23,25-26H,9,11,15H2,1H3;2*1H,(H,2,3)/t22-,23+;;/m0../s1. The number of fused-ring (bicyclic) bond motifs is 1. The Balaban J connectivity index is 0.000000611. The molecule has 0 saturated carbocycles. The van der Waals surface area contributed by atoms with Crippen LogP contribution < -0.4 is 15.4 Å². The van der Waals surface area contributed by atoms with E-state index in [0.717, 1.165) is 35.5 Å². The number of ether oxygens (including phenoxy) is 1. The third-order valence-corrected chi connectivity index (χ3v) is 5.55. The molecule has 12 heteroatoms. The van der Waals surface area contributed by atoms with Crippen molar-refractivity contribution >= 4 is 18.6 Å². The highest BCUT2D eigenvalue weighted by atomic mass is 16.5. The van der Waals surface area contributed by atoms with E-state index in [1.807, 2.05) is 43.8 Å². The maximum atomic E-state index is 8.36. The van der Waals surface area contributed by atoms with Gasteiger partial charge in [0.1, 0.15) is 6.10 Å². The van der Waals surface area contributed by atoms with Crippen LogP contribution in [-0.2, 0) is 23.1 Å². The van der Waals surface area contributed by atoms with E-state index in [0.29, 0.717) is 12.4 Å². The molecule has 0 fully saturated rings. The maximum absolute atomic E-state index is 8.36. The molecule has 2 atom stereocenters. The van der Waals surface area contributed by atoms with Gasteiger partial charge in [0.2, 0.25) is 5.88 Å². The SMILES string of the molecule is Cn1cc(-c2cnc3c(c2)NC[C@@H]([C@H](NCCc2cccnn2)c2ccccc2)O3)cn1.O=CO.O=CO. The van der Waals surface area contributed by atoms with Gasteiger partial charge in [-0.25, -0.2) is 4.98 Å². The summed E-state index contributed by atoms with van der Waals surface area (Å²) in [5, 5.41) is 33.3. The Kier molecular flexibility index (Phi) is 10.7. The molecule has 198 valence electrons. The normalized spacial score (nSPS) is 14.1. The first-order chi connectivity index (χ1) is 18.6. The van der Waals surface area contributed by atoms with Crippen LogP contribution in [0.1, 0.15) is 17.3 Å². The second-order valence-corrected chi connectivity index (χ2v) is 8.03. The van der Waals surface area contributed by atoms with Crippen molar-refractivity contribution in [2.45, 2.75) is 18.6 Å². The molecule has 0 radical (unpaired) electrons. The van der Waals surface area contributed by atoms with Crippen LogP contribution in [0.4, 0.5) is 5.69 Å². The van der Waals surface area contributed by atoms with E-state index in [4.69, 9.17) is 24.5 Å². The molecule has 38 heavy (non-hydrogen) atoms. The van der Waals surface area contributed by atoms with Crippen molar-refractivity contribution in [2.24, 2.45) is 7.05 Å². The van der Waals surface area contributed by atoms with Crippen LogP contribution in [0.15, 0.2) is 73.3 Å². The average Bonchev–Trinajstić information content (AvgIpc) is 3.39. The molecule has 3 aromatic heterocycles. The van der Waals surface area contributed by atoms with Gasteiger partial charge in [0.05, 0.1) is 30.2 Å². The number of carbonyl (C=O) groups is 2. The van der Waals surface area contributed by atoms with E-state index in [-0.39, 0.29) is 25.1 Å². The predicted octanol–water partition coefficient (Wildman–Crippen LogP) is 2.42. The van der Waals surface area contributed by atoms with Gasteiger partial charge >= 0.3 is 0 Å². The van der Waals surface area contributed by atoms with E-state index in [9.17, 15) is 0 Å². The van der Waals surface area contributed by atoms with Crippen LogP contribution >= 0.6 is 0 Å². The molecule has 12 nitrogen and oxygen atoms in total. The van der Waals surface area contributed by atoms with E-state index < -0.39 is 0 Å².